The van der Waals surface area contributed by atoms with E-state index in [-0.39, 0.29) is 17.2 Å². The molecule has 39 heavy (non-hydrogen) atoms. The first-order valence-corrected chi connectivity index (χ1v) is 11.9. The highest BCUT2D eigenvalue weighted by Crippen LogP contribution is 2.39. The molecule has 1 atom stereocenters. The molecule has 11 nitrogen and oxygen atoms in total. The predicted octanol–water partition coefficient (Wildman–Crippen LogP) is 2.98. The molecule has 0 aliphatic carbocycles. The van der Waals surface area contributed by atoms with Gasteiger partial charge in [0, 0.05) is 5.56 Å². The minimum atomic E-state index is -2.36. The lowest BCUT2D eigenvalue weighted by Crippen LogP contribution is -2.61. The molecule has 0 saturated carbocycles. The number of esters is 1. The number of rotatable bonds is 11. The van der Waals surface area contributed by atoms with Gasteiger partial charge in [0.25, 0.3) is 5.91 Å². The van der Waals surface area contributed by atoms with Gasteiger partial charge >= 0.3 is 5.97 Å². The van der Waals surface area contributed by atoms with E-state index in [2.05, 4.69) is 5.32 Å². The van der Waals surface area contributed by atoms with Gasteiger partial charge in [0.05, 0.1) is 40.7 Å². The van der Waals surface area contributed by atoms with E-state index in [0.29, 0.717) is 33.9 Å². The van der Waals surface area contributed by atoms with Crippen molar-refractivity contribution >= 4 is 29.4 Å². The van der Waals surface area contributed by atoms with Crippen LogP contribution in [0.25, 0.3) is 6.08 Å². The first-order valence-electron chi connectivity index (χ1n) is 11.9. The summed E-state index contributed by atoms with van der Waals surface area (Å²) in [4.78, 5) is 38.8. The summed E-state index contributed by atoms with van der Waals surface area (Å²) in [5.74, 6) is -1.09. The Bertz CT molecular complexity index is 1240. The quantitative estimate of drug-likeness (QED) is 0.166. The molecule has 11 heteroatoms. The van der Waals surface area contributed by atoms with E-state index in [1.807, 2.05) is 0 Å². The van der Waals surface area contributed by atoms with E-state index < -0.39 is 29.6 Å². The number of methoxy groups -OCH3 is 4. The first-order chi connectivity index (χ1) is 18.2. The van der Waals surface area contributed by atoms with Crippen molar-refractivity contribution in [2.45, 2.75) is 38.8 Å². The monoisotopic (exact) mass is 544 g/mol. The summed E-state index contributed by atoms with van der Waals surface area (Å²) in [5, 5.41) is 12.3. The average Bonchev–Trinajstić information content (AvgIpc) is 2.90. The highest BCUT2D eigenvalue weighted by Gasteiger charge is 2.45. The minimum absolute atomic E-state index is 0.163. The van der Waals surface area contributed by atoms with Gasteiger partial charge in [0.15, 0.2) is 17.3 Å². The summed E-state index contributed by atoms with van der Waals surface area (Å²) in [6.45, 7) is 5.48. The van der Waals surface area contributed by atoms with E-state index in [4.69, 9.17) is 29.4 Å². The highest BCUT2D eigenvalue weighted by molar-refractivity contribution is 6.14. The number of ether oxygens (including phenoxy) is 5. The third-order valence-electron chi connectivity index (χ3n) is 5.56. The number of Topliss-reactive ketones (excluding diaryl/α,β-unsaturated/α-hetero) is 1. The van der Waals surface area contributed by atoms with Crippen molar-refractivity contribution in [2.24, 2.45) is 5.73 Å². The molecule has 2 aromatic carbocycles. The molecule has 0 radical (unpaired) electrons. The van der Waals surface area contributed by atoms with E-state index >= 15 is 0 Å². The van der Waals surface area contributed by atoms with E-state index in [0.717, 1.165) is 0 Å². The summed E-state index contributed by atoms with van der Waals surface area (Å²) >= 11 is 0. The maximum atomic E-state index is 13.2. The van der Waals surface area contributed by atoms with E-state index in [9.17, 15) is 19.5 Å². The van der Waals surface area contributed by atoms with E-state index in [1.54, 1.807) is 58.0 Å². The van der Waals surface area contributed by atoms with Crippen molar-refractivity contribution in [2.75, 3.05) is 40.4 Å². The number of anilines is 1. The van der Waals surface area contributed by atoms with Gasteiger partial charge in [-0.25, -0.2) is 4.79 Å². The fourth-order valence-electron chi connectivity index (χ4n) is 3.50. The van der Waals surface area contributed by atoms with Gasteiger partial charge in [-0.2, -0.15) is 0 Å². The Balaban J connectivity index is 2.41. The lowest BCUT2D eigenvalue weighted by Gasteiger charge is -2.29. The molecule has 0 heterocycles. The zero-order valence-corrected chi connectivity index (χ0v) is 23.5. The van der Waals surface area contributed by atoms with Crippen molar-refractivity contribution < 1.29 is 43.2 Å². The number of nitrogens with one attached hydrogen (secondary N) is 1. The van der Waals surface area contributed by atoms with Crippen molar-refractivity contribution in [3.05, 3.63) is 47.0 Å². The number of carbonyl (C=O) groups excluding carboxylic acids is 3. The number of aliphatic hydroxyl groups excluding tert-OH is 1. The van der Waals surface area contributed by atoms with Gasteiger partial charge in [0.2, 0.25) is 11.3 Å². The number of ketones is 1. The third-order valence-corrected chi connectivity index (χ3v) is 5.56. The fourth-order valence-corrected chi connectivity index (χ4v) is 3.50. The molecule has 0 fully saturated rings. The number of amides is 1. The molecule has 0 spiro atoms. The van der Waals surface area contributed by atoms with Gasteiger partial charge in [-0.05, 0) is 69.2 Å². The molecule has 0 aromatic heterocycles. The molecule has 212 valence electrons. The minimum Gasteiger partial charge on any atom is -0.495 e. The zero-order chi connectivity index (χ0) is 29.5. The maximum Gasteiger partial charge on any atom is 0.338 e. The number of benzene rings is 2. The van der Waals surface area contributed by atoms with Crippen LogP contribution in [0.4, 0.5) is 5.69 Å². The van der Waals surface area contributed by atoms with Gasteiger partial charge in [-0.3, -0.25) is 9.59 Å². The molecule has 0 aliphatic rings. The molecule has 0 aliphatic heterocycles. The Morgan fingerprint density at radius 1 is 0.923 bits per heavy atom. The zero-order valence-electron chi connectivity index (χ0n) is 23.5. The molecule has 4 N–H and O–H groups in total. The standard InChI is InChI=1S/C28H36N2O9/c1-16(23(32)18-13-21(36-6)24(38-8)22(14-18)37-7)11-17-9-10-20(35-5)19(12-17)30-25(33)28(29,15-31)26(34)39-27(2,3)4/h9-14,31H,15,29H2,1-8H3,(H,30,33)/t28-/m0/s1. The normalized spacial score (nSPS) is 13.1. The SMILES string of the molecule is COc1ccc(C=C(C)C(=O)c2cc(OC)c(OC)c(OC)c2)cc1NC(=O)[C@@](N)(CO)C(=O)OC(C)(C)C. The number of hydrogen-bond donors (Lipinski definition) is 3. The van der Waals surface area contributed by atoms with Crippen molar-refractivity contribution in [3.63, 3.8) is 0 Å². The third kappa shape index (κ3) is 7.27. The number of hydrogen-bond acceptors (Lipinski definition) is 10. The number of carbonyl (C=O) groups is 3. The smallest absolute Gasteiger partial charge is 0.338 e. The Morgan fingerprint density at radius 3 is 1.95 bits per heavy atom. The molecule has 0 saturated heterocycles. The number of aliphatic hydroxyl groups is 1. The van der Waals surface area contributed by atoms with Gasteiger partial charge in [-0.15, -0.1) is 0 Å². The molecule has 1 amide bonds. The van der Waals surface area contributed by atoms with Crippen molar-refractivity contribution in [1.82, 2.24) is 0 Å². The lowest BCUT2D eigenvalue weighted by molar-refractivity contribution is -0.165. The molecule has 0 bridgehead atoms. The second-order valence-corrected chi connectivity index (χ2v) is 9.62. The van der Waals surface area contributed by atoms with Crippen LogP contribution in [0, 0.1) is 0 Å². The summed E-state index contributed by atoms with van der Waals surface area (Å²) < 4.78 is 26.5. The predicted molar refractivity (Wildman–Crippen MR) is 146 cm³/mol. The Morgan fingerprint density at radius 2 is 1.49 bits per heavy atom. The Hall–Kier alpha value is -4.09. The van der Waals surface area contributed by atoms with Crippen LogP contribution in [0.1, 0.15) is 43.6 Å². The maximum absolute atomic E-state index is 13.2. The summed E-state index contributed by atoms with van der Waals surface area (Å²) in [6, 6.07) is 7.88. The molecule has 2 rings (SSSR count). The second-order valence-electron chi connectivity index (χ2n) is 9.62. The molecular weight excluding hydrogens is 508 g/mol. The lowest BCUT2D eigenvalue weighted by atomic mass is 9.99. The molecule has 0 unspecified atom stereocenters. The largest absolute Gasteiger partial charge is 0.495 e. The fraction of sp³-hybridized carbons (Fsp3) is 0.393. The first kappa shape index (κ1) is 31.1. The summed E-state index contributed by atoms with van der Waals surface area (Å²) in [7, 11) is 5.78. The summed E-state index contributed by atoms with van der Waals surface area (Å²) in [6.07, 6.45) is 1.61. The molecular formula is C28H36N2O9. The molecule has 2 aromatic rings. The second kappa shape index (κ2) is 12.6. The topological polar surface area (TPSA) is 156 Å². The van der Waals surface area contributed by atoms with Crippen molar-refractivity contribution in [1.29, 1.82) is 0 Å². The van der Waals surface area contributed by atoms with Gasteiger partial charge in [0.1, 0.15) is 11.4 Å². The average molecular weight is 545 g/mol. The Labute approximate surface area is 227 Å². The van der Waals surface area contributed by atoms with E-state index in [1.165, 1.54) is 34.5 Å². The van der Waals surface area contributed by atoms with Gasteiger partial charge < -0.3 is 39.8 Å². The van der Waals surface area contributed by atoms with Crippen molar-refractivity contribution in [3.8, 4) is 23.0 Å². The van der Waals surface area contributed by atoms with Gasteiger partial charge in [-0.1, -0.05) is 6.07 Å². The Kier molecular flexibility index (Phi) is 10.1. The summed E-state index contributed by atoms with van der Waals surface area (Å²) in [5.41, 5.74) is 4.05. The van der Waals surface area contributed by atoms with Crippen LogP contribution in [-0.4, -0.2) is 69.0 Å². The van der Waals surface area contributed by atoms with Crippen LogP contribution in [0.5, 0.6) is 23.0 Å². The van der Waals surface area contributed by atoms with Crippen LogP contribution >= 0.6 is 0 Å². The van der Waals surface area contributed by atoms with Crippen LogP contribution in [-0.2, 0) is 14.3 Å². The van der Waals surface area contributed by atoms with Crippen LogP contribution in [0.2, 0.25) is 0 Å². The highest BCUT2D eigenvalue weighted by atomic mass is 16.6. The van der Waals surface area contributed by atoms with Crippen LogP contribution < -0.4 is 30.0 Å². The number of allylic oxidation sites excluding steroid dienone is 1. The number of nitrogens with two attached hydrogens (primary N) is 1. The van der Waals surface area contributed by atoms with Crippen LogP contribution in [0.3, 0.4) is 0 Å². The van der Waals surface area contributed by atoms with Crippen LogP contribution in [0.15, 0.2) is 35.9 Å².